The highest BCUT2D eigenvalue weighted by molar-refractivity contribution is 5.78. The lowest BCUT2D eigenvalue weighted by Crippen LogP contribution is -2.19. The first-order valence-electron chi connectivity index (χ1n) is 13.6. The maximum atomic E-state index is 11.6. The number of carbonyl (C=O) groups excluding carboxylic acids is 1. The van der Waals surface area contributed by atoms with Crippen LogP contribution in [0.5, 0.6) is 0 Å². The average molecular weight is 453 g/mol. The molecule has 0 aliphatic rings. The van der Waals surface area contributed by atoms with Gasteiger partial charge in [0.1, 0.15) is 0 Å². The number of unbranched alkanes of at least 4 members (excludes halogenated alkanes) is 15. The Hall–Kier alpha value is -1.32. The van der Waals surface area contributed by atoms with Crippen molar-refractivity contribution in [3.05, 3.63) is 12.2 Å². The molecule has 1 unspecified atom stereocenters. The topological polar surface area (TPSA) is 63.6 Å². The smallest absolute Gasteiger partial charge is 0.307 e. The third kappa shape index (κ3) is 21.9. The van der Waals surface area contributed by atoms with Gasteiger partial charge >= 0.3 is 11.9 Å². The maximum Gasteiger partial charge on any atom is 0.307 e. The van der Waals surface area contributed by atoms with Crippen molar-refractivity contribution in [1.82, 2.24) is 0 Å². The molecule has 4 nitrogen and oxygen atoms in total. The largest absolute Gasteiger partial charge is 0.481 e. The minimum absolute atomic E-state index is 0.00568. The second kappa shape index (κ2) is 24.3. The molecule has 0 aliphatic heterocycles. The Kier molecular flexibility index (Phi) is 23.3. The first-order valence-corrected chi connectivity index (χ1v) is 13.6. The van der Waals surface area contributed by atoms with Crippen LogP contribution in [0.1, 0.15) is 142 Å². The average Bonchev–Trinajstić information content (AvgIpc) is 2.78. The summed E-state index contributed by atoms with van der Waals surface area (Å²) in [5.74, 6) is -1.85. The van der Waals surface area contributed by atoms with Crippen LogP contribution in [0.15, 0.2) is 12.2 Å². The summed E-state index contributed by atoms with van der Waals surface area (Å²) in [5, 5.41) is 9.29. The number of rotatable bonds is 24. The first kappa shape index (κ1) is 30.7. The molecule has 1 atom stereocenters. The summed E-state index contributed by atoms with van der Waals surface area (Å²) in [6.07, 6.45) is 27.7. The molecule has 0 bridgehead atoms. The van der Waals surface area contributed by atoms with Gasteiger partial charge in [0.25, 0.3) is 0 Å². The molecule has 0 aromatic heterocycles. The maximum absolute atomic E-state index is 11.6. The quantitative estimate of drug-likeness (QED) is 0.0904. The minimum atomic E-state index is -0.877. The predicted molar refractivity (Wildman–Crippen MR) is 135 cm³/mol. The van der Waals surface area contributed by atoms with Crippen LogP contribution in [0, 0.1) is 5.92 Å². The Balaban J connectivity index is 3.39. The molecular formula is C28H52O4. The summed E-state index contributed by atoms with van der Waals surface area (Å²) < 4.78 is 5.01. The Morgan fingerprint density at radius 3 is 1.62 bits per heavy atom. The van der Waals surface area contributed by atoms with Gasteiger partial charge in [0, 0.05) is 0 Å². The van der Waals surface area contributed by atoms with E-state index in [0.29, 0.717) is 13.0 Å². The van der Waals surface area contributed by atoms with Gasteiger partial charge in [-0.25, -0.2) is 0 Å². The van der Waals surface area contributed by atoms with E-state index in [9.17, 15) is 14.7 Å². The van der Waals surface area contributed by atoms with Gasteiger partial charge in [-0.15, -0.1) is 0 Å². The lowest BCUT2D eigenvalue weighted by atomic mass is 9.97. The Morgan fingerprint density at radius 1 is 0.688 bits per heavy atom. The molecule has 0 amide bonds. The van der Waals surface area contributed by atoms with Crippen LogP contribution in [-0.4, -0.2) is 23.7 Å². The molecule has 0 spiro atoms. The Morgan fingerprint density at radius 2 is 1.16 bits per heavy atom. The molecule has 1 N–H and O–H groups in total. The fraction of sp³-hybridized carbons (Fsp3) is 0.857. The Bertz CT molecular complexity index is 458. The van der Waals surface area contributed by atoms with Crippen molar-refractivity contribution in [2.45, 2.75) is 142 Å². The third-order valence-electron chi connectivity index (χ3n) is 6.02. The van der Waals surface area contributed by atoms with E-state index in [4.69, 9.17) is 4.74 Å². The van der Waals surface area contributed by atoms with E-state index in [1.165, 1.54) is 96.3 Å². The number of hydrogen-bond acceptors (Lipinski definition) is 3. The van der Waals surface area contributed by atoms with Crippen LogP contribution in [0.25, 0.3) is 0 Å². The number of carboxylic acid groups (broad SMARTS) is 1. The van der Waals surface area contributed by atoms with Crippen molar-refractivity contribution in [3.8, 4) is 0 Å². The molecular weight excluding hydrogens is 400 g/mol. The molecule has 4 heteroatoms. The van der Waals surface area contributed by atoms with Gasteiger partial charge in [0.05, 0.1) is 18.9 Å². The number of esters is 1. The van der Waals surface area contributed by atoms with Crippen LogP contribution < -0.4 is 0 Å². The summed E-state index contributed by atoms with van der Waals surface area (Å²) in [5.41, 5.74) is 0. The second-order valence-electron chi connectivity index (χ2n) is 9.25. The summed E-state index contributed by atoms with van der Waals surface area (Å²) in [6.45, 7) is 4.53. The fourth-order valence-corrected chi connectivity index (χ4v) is 3.97. The number of carbonyl (C=O) groups is 2. The van der Waals surface area contributed by atoms with Gasteiger partial charge in [-0.2, -0.15) is 0 Å². The summed E-state index contributed by atoms with van der Waals surface area (Å²) in [6, 6.07) is 0. The highest BCUT2D eigenvalue weighted by atomic mass is 16.5. The molecule has 0 rings (SSSR count). The second-order valence-corrected chi connectivity index (χ2v) is 9.25. The van der Waals surface area contributed by atoms with Gasteiger partial charge < -0.3 is 9.84 Å². The normalized spacial score (nSPS) is 12.3. The van der Waals surface area contributed by atoms with E-state index < -0.39 is 11.9 Å². The fourth-order valence-electron chi connectivity index (χ4n) is 3.97. The summed E-state index contributed by atoms with van der Waals surface area (Å²) >= 11 is 0. The molecule has 0 fully saturated rings. The highest BCUT2D eigenvalue weighted by Gasteiger charge is 2.21. The van der Waals surface area contributed by atoms with Gasteiger partial charge in [-0.05, 0) is 32.1 Å². The van der Waals surface area contributed by atoms with Crippen molar-refractivity contribution < 1.29 is 19.4 Å². The molecule has 0 aliphatic carbocycles. The molecule has 0 heterocycles. The van der Waals surface area contributed by atoms with Crippen LogP contribution in [0.2, 0.25) is 0 Å². The number of hydrogen-bond donors (Lipinski definition) is 1. The highest BCUT2D eigenvalue weighted by Crippen LogP contribution is 2.17. The molecule has 0 saturated heterocycles. The van der Waals surface area contributed by atoms with E-state index in [2.05, 4.69) is 19.1 Å². The number of ether oxygens (including phenoxy) is 1. The van der Waals surface area contributed by atoms with Gasteiger partial charge in [-0.3, -0.25) is 9.59 Å². The summed E-state index contributed by atoms with van der Waals surface area (Å²) in [4.78, 5) is 23.0. The molecule has 188 valence electrons. The standard InChI is InChI=1S/C28H52O4/c1-3-5-6-7-8-9-10-11-12-13-14-15-16-17-18-19-20-21-22-23-26(28(30)31)25-27(29)32-24-4-2/h6-7,26H,3-5,8-25H2,1-2H3,(H,30,31)/b7-6+. The van der Waals surface area contributed by atoms with E-state index >= 15 is 0 Å². The van der Waals surface area contributed by atoms with Crippen molar-refractivity contribution in [2.24, 2.45) is 5.92 Å². The van der Waals surface area contributed by atoms with Crippen LogP contribution in [0.3, 0.4) is 0 Å². The number of allylic oxidation sites excluding steroid dienone is 2. The van der Waals surface area contributed by atoms with E-state index in [-0.39, 0.29) is 12.4 Å². The van der Waals surface area contributed by atoms with Gasteiger partial charge in [0.15, 0.2) is 0 Å². The number of carboxylic acids is 1. The SMILES string of the molecule is CCC/C=C/CCCCCCCCCCCCCCCCC(CC(=O)OCCC)C(=O)O. The molecule has 0 aromatic carbocycles. The molecule has 0 radical (unpaired) electrons. The lowest BCUT2D eigenvalue weighted by molar-refractivity contribution is -0.151. The van der Waals surface area contributed by atoms with Crippen LogP contribution in [0.4, 0.5) is 0 Å². The van der Waals surface area contributed by atoms with E-state index in [1.54, 1.807) is 0 Å². The molecule has 0 aromatic rings. The third-order valence-corrected chi connectivity index (χ3v) is 6.02. The van der Waals surface area contributed by atoms with Crippen molar-refractivity contribution in [1.29, 1.82) is 0 Å². The van der Waals surface area contributed by atoms with Crippen LogP contribution in [-0.2, 0) is 14.3 Å². The first-order chi connectivity index (χ1) is 15.6. The zero-order valence-corrected chi connectivity index (χ0v) is 21.3. The van der Waals surface area contributed by atoms with Crippen molar-refractivity contribution in [2.75, 3.05) is 6.61 Å². The predicted octanol–water partition coefficient (Wildman–Crippen LogP) is 8.63. The van der Waals surface area contributed by atoms with E-state index in [0.717, 1.165) is 19.3 Å². The zero-order chi connectivity index (χ0) is 23.7. The lowest BCUT2D eigenvalue weighted by Gasteiger charge is -2.11. The molecule has 32 heavy (non-hydrogen) atoms. The number of aliphatic carboxylic acids is 1. The van der Waals surface area contributed by atoms with Gasteiger partial charge in [-0.1, -0.05) is 116 Å². The van der Waals surface area contributed by atoms with Crippen molar-refractivity contribution >= 4 is 11.9 Å². The Labute approximate surface area is 198 Å². The summed E-state index contributed by atoms with van der Waals surface area (Å²) in [7, 11) is 0. The monoisotopic (exact) mass is 452 g/mol. The van der Waals surface area contributed by atoms with E-state index in [1.807, 2.05) is 6.92 Å². The van der Waals surface area contributed by atoms with Crippen LogP contribution >= 0.6 is 0 Å². The minimum Gasteiger partial charge on any atom is -0.481 e. The van der Waals surface area contributed by atoms with Gasteiger partial charge in [0.2, 0.25) is 0 Å². The zero-order valence-electron chi connectivity index (χ0n) is 21.3. The molecule has 0 saturated carbocycles. The van der Waals surface area contributed by atoms with Crippen molar-refractivity contribution in [3.63, 3.8) is 0 Å².